The maximum absolute atomic E-state index is 11.2. The van der Waals surface area contributed by atoms with Crippen LogP contribution in [0.25, 0.3) is 0 Å². The predicted molar refractivity (Wildman–Crippen MR) is 86.3 cm³/mol. The highest BCUT2D eigenvalue weighted by Crippen LogP contribution is 2.10. The fourth-order valence-electron chi connectivity index (χ4n) is 1.59. The van der Waals surface area contributed by atoms with E-state index in [1.807, 2.05) is 0 Å². The number of nitrogens with one attached hydrogen (secondary N) is 2. The third-order valence-electron chi connectivity index (χ3n) is 2.62. The summed E-state index contributed by atoms with van der Waals surface area (Å²) in [5, 5.41) is 0. The average molecular weight is 387 g/mol. The second-order valence-corrected chi connectivity index (χ2v) is 5.07. The van der Waals surface area contributed by atoms with Crippen molar-refractivity contribution in [3.05, 3.63) is 33.8 Å². The molecule has 2 aromatic heterocycles. The zero-order valence-corrected chi connectivity index (χ0v) is 15.0. The molecule has 2 aromatic rings. The van der Waals surface area contributed by atoms with Crippen LogP contribution in [0.15, 0.2) is 11.1 Å². The van der Waals surface area contributed by atoms with E-state index in [9.17, 15) is 9.59 Å². The number of ether oxygens (including phenoxy) is 2. The van der Waals surface area contributed by atoms with Gasteiger partial charge >= 0.3 is 11.9 Å². The molecule has 2 N–H and O–H groups in total. The van der Waals surface area contributed by atoms with Gasteiger partial charge in [-0.15, -0.1) is 0 Å². The minimum absolute atomic E-state index is 0.337. The second-order valence-electron chi connectivity index (χ2n) is 4.32. The van der Waals surface area contributed by atoms with Gasteiger partial charge in [0.15, 0.2) is 16.1 Å². The number of halogens is 1. The highest BCUT2D eigenvalue weighted by atomic mass is 79.9. The highest BCUT2D eigenvalue weighted by molar-refractivity contribution is 9.10. The molecule has 8 nitrogen and oxygen atoms in total. The van der Waals surface area contributed by atoms with Gasteiger partial charge in [0.1, 0.15) is 0 Å². The maximum Gasteiger partial charge on any atom is 0.358 e. The lowest BCUT2D eigenvalue weighted by Crippen LogP contribution is -2.06. The predicted octanol–water partition coefficient (Wildman–Crippen LogP) is 2.55. The van der Waals surface area contributed by atoms with Crippen LogP contribution in [0, 0.1) is 13.8 Å². The van der Waals surface area contributed by atoms with Crippen molar-refractivity contribution in [2.45, 2.75) is 27.7 Å². The minimum atomic E-state index is -0.392. The largest absolute Gasteiger partial charge is 0.461 e. The van der Waals surface area contributed by atoms with Gasteiger partial charge in [0.05, 0.1) is 19.5 Å². The van der Waals surface area contributed by atoms with E-state index in [-0.39, 0.29) is 5.97 Å². The van der Waals surface area contributed by atoms with Crippen molar-refractivity contribution >= 4 is 27.9 Å². The highest BCUT2D eigenvalue weighted by Gasteiger charge is 2.14. The summed E-state index contributed by atoms with van der Waals surface area (Å²) in [5.74, 6) is -0.761. The molecule has 0 fully saturated rings. The van der Waals surface area contributed by atoms with Gasteiger partial charge < -0.3 is 19.4 Å². The molecular weight excluding hydrogens is 368 g/mol. The van der Waals surface area contributed by atoms with Crippen LogP contribution in [0.3, 0.4) is 0 Å². The molecule has 0 atom stereocenters. The SMILES string of the molecule is CCOC(=O)c1nc(Br)[nH]c1C.CCOC(=O)c1nc[nH]c1C. The van der Waals surface area contributed by atoms with Crippen LogP contribution in [0.2, 0.25) is 0 Å². The van der Waals surface area contributed by atoms with Crippen LogP contribution < -0.4 is 0 Å². The smallest absolute Gasteiger partial charge is 0.358 e. The van der Waals surface area contributed by atoms with Gasteiger partial charge in [-0.1, -0.05) is 0 Å². The lowest BCUT2D eigenvalue weighted by atomic mass is 10.3. The zero-order valence-electron chi connectivity index (χ0n) is 13.4. The molecule has 2 rings (SSSR count). The van der Waals surface area contributed by atoms with Gasteiger partial charge in [-0.3, -0.25) is 0 Å². The van der Waals surface area contributed by atoms with Crippen LogP contribution >= 0.6 is 15.9 Å². The first-order valence-electron chi connectivity index (χ1n) is 6.96. The maximum atomic E-state index is 11.2. The Morgan fingerprint density at radius 3 is 2.04 bits per heavy atom. The zero-order chi connectivity index (χ0) is 17.4. The third kappa shape index (κ3) is 5.51. The summed E-state index contributed by atoms with van der Waals surface area (Å²) in [6.07, 6.45) is 1.47. The Morgan fingerprint density at radius 2 is 1.65 bits per heavy atom. The molecular formula is C14H19BrN4O4. The Labute approximate surface area is 142 Å². The molecule has 0 amide bonds. The number of aryl methyl sites for hydroxylation is 2. The van der Waals surface area contributed by atoms with Crippen molar-refractivity contribution in [3.63, 3.8) is 0 Å². The number of nitrogens with zero attached hydrogens (tertiary/aromatic N) is 2. The number of carbonyl (C=O) groups is 2. The lowest BCUT2D eigenvalue weighted by molar-refractivity contribution is 0.0509. The molecule has 2 heterocycles. The average Bonchev–Trinajstić information content (AvgIpc) is 3.05. The number of hydrogen-bond donors (Lipinski definition) is 2. The topological polar surface area (TPSA) is 110 Å². The molecule has 0 saturated heterocycles. The Morgan fingerprint density at radius 1 is 1.09 bits per heavy atom. The number of aromatic amines is 2. The Bertz CT molecular complexity index is 666. The van der Waals surface area contributed by atoms with E-state index in [4.69, 9.17) is 9.47 Å². The molecule has 0 radical (unpaired) electrons. The third-order valence-corrected chi connectivity index (χ3v) is 3.00. The summed E-state index contributed by atoms with van der Waals surface area (Å²) >= 11 is 3.13. The Hall–Kier alpha value is -2.16. The van der Waals surface area contributed by atoms with Crippen molar-refractivity contribution in [1.82, 2.24) is 19.9 Å². The van der Waals surface area contributed by atoms with E-state index < -0.39 is 5.97 Å². The Balaban J connectivity index is 0.000000231. The van der Waals surface area contributed by atoms with Crippen LogP contribution in [0.5, 0.6) is 0 Å². The van der Waals surface area contributed by atoms with E-state index in [0.29, 0.717) is 35.0 Å². The van der Waals surface area contributed by atoms with Crippen molar-refractivity contribution in [2.75, 3.05) is 13.2 Å². The van der Waals surface area contributed by atoms with E-state index in [0.717, 1.165) is 5.69 Å². The molecule has 23 heavy (non-hydrogen) atoms. The van der Waals surface area contributed by atoms with Gasteiger partial charge in [-0.05, 0) is 43.6 Å². The monoisotopic (exact) mass is 386 g/mol. The van der Waals surface area contributed by atoms with E-state index in [1.54, 1.807) is 27.7 Å². The van der Waals surface area contributed by atoms with E-state index in [1.165, 1.54) is 6.33 Å². The van der Waals surface area contributed by atoms with Crippen LogP contribution in [-0.4, -0.2) is 45.1 Å². The van der Waals surface area contributed by atoms with Crippen molar-refractivity contribution < 1.29 is 19.1 Å². The first kappa shape index (κ1) is 18.9. The van der Waals surface area contributed by atoms with Crippen LogP contribution in [0.1, 0.15) is 46.2 Å². The lowest BCUT2D eigenvalue weighted by Gasteiger charge is -1.97. The van der Waals surface area contributed by atoms with Gasteiger partial charge in [0, 0.05) is 11.4 Å². The summed E-state index contributed by atoms with van der Waals surface area (Å²) in [7, 11) is 0. The van der Waals surface area contributed by atoms with E-state index in [2.05, 4.69) is 35.9 Å². The summed E-state index contributed by atoms with van der Waals surface area (Å²) in [6, 6.07) is 0. The number of imidazole rings is 2. The molecule has 0 aromatic carbocycles. The van der Waals surface area contributed by atoms with Gasteiger partial charge in [-0.25, -0.2) is 19.6 Å². The molecule has 0 aliphatic rings. The van der Waals surface area contributed by atoms with Gasteiger partial charge in [-0.2, -0.15) is 0 Å². The number of rotatable bonds is 4. The van der Waals surface area contributed by atoms with Gasteiger partial charge in [0.25, 0.3) is 0 Å². The molecule has 9 heteroatoms. The first-order valence-corrected chi connectivity index (χ1v) is 7.76. The van der Waals surface area contributed by atoms with Crippen molar-refractivity contribution in [3.8, 4) is 0 Å². The standard InChI is InChI=1S/C7H9BrN2O2.C7H10N2O2/c1-3-12-6(11)5-4(2)9-7(8)10-5;1-3-11-7(10)6-5(2)8-4-9-6/h3H2,1-2H3,(H,9,10);4H,3H2,1-2H3,(H,8,9). The minimum Gasteiger partial charge on any atom is -0.461 e. The molecule has 0 aliphatic carbocycles. The Kier molecular flexibility index (Phi) is 7.46. The second kappa shape index (κ2) is 9.09. The fraction of sp³-hybridized carbons (Fsp3) is 0.429. The quantitative estimate of drug-likeness (QED) is 0.781. The van der Waals surface area contributed by atoms with Crippen molar-refractivity contribution in [2.24, 2.45) is 0 Å². The molecule has 0 saturated carbocycles. The van der Waals surface area contributed by atoms with Crippen LogP contribution in [0.4, 0.5) is 0 Å². The molecule has 126 valence electrons. The molecule has 0 aliphatic heterocycles. The number of esters is 2. The van der Waals surface area contributed by atoms with Crippen LogP contribution in [-0.2, 0) is 9.47 Å². The summed E-state index contributed by atoms with van der Waals surface area (Å²) in [5.41, 5.74) is 2.15. The number of hydrogen-bond acceptors (Lipinski definition) is 6. The molecule has 0 unspecified atom stereocenters. The summed E-state index contributed by atoms with van der Waals surface area (Å²) < 4.78 is 10.1. The van der Waals surface area contributed by atoms with Gasteiger partial charge in [0.2, 0.25) is 0 Å². The fourth-order valence-corrected chi connectivity index (χ4v) is 2.06. The summed E-state index contributed by atoms with van der Waals surface area (Å²) in [6.45, 7) is 7.81. The number of H-pyrrole nitrogens is 2. The summed E-state index contributed by atoms with van der Waals surface area (Å²) in [4.78, 5) is 35.5. The first-order chi connectivity index (χ1) is 10.9. The number of aromatic nitrogens is 4. The molecule has 0 spiro atoms. The van der Waals surface area contributed by atoms with E-state index >= 15 is 0 Å². The normalized spacial score (nSPS) is 9.78. The van der Waals surface area contributed by atoms with Crippen molar-refractivity contribution in [1.29, 1.82) is 0 Å². The number of carbonyl (C=O) groups excluding carboxylic acids is 2. The molecule has 0 bridgehead atoms.